The number of aromatic nitrogens is 2. The molecule has 19 heavy (non-hydrogen) atoms. The molecule has 0 radical (unpaired) electrons. The molecule has 0 atom stereocenters. The van der Waals surface area contributed by atoms with E-state index < -0.39 is 3.79 Å². The number of methoxy groups -OCH3 is 1. The molecule has 1 aromatic heterocycles. The fourth-order valence-corrected chi connectivity index (χ4v) is 1.48. The minimum atomic E-state index is -1.73. The van der Waals surface area contributed by atoms with Gasteiger partial charge >= 0.3 is 0 Å². The predicted molar refractivity (Wildman–Crippen MR) is 70.9 cm³/mol. The molecule has 0 aliphatic rings. The van der Waals surface area contributed by atoms with Crippen molar-refractivity contribution in [3.05, 3.63) is 36.0 Å². The Labute approximate surface area is 124 Å². The largest absolute Gasteiger partial charge is 0.497 e. The molecule has 0 saturated heterocycles. The van der Waals surface area contributed by atoms with Crippen LogP contribution in [0, 0.1) is 0 Å². The molecule has 0 N–H and O–H groups in total. The Balaban J connectivity index is 1.96. The first-order valence-electron chi connectivity index (χ1n) is 5.15. The van der Waals surface area contributed by atoms with Crippen LogP contribution < -0.4 is 9.47 Å². The lowest BCUT2D eigenvalue weighted by Crippen LogP contribution is -2.02. The van der Waals surface area contributed by atoms with E-state index in [0.29, 0.717) is 5.75 Å². The van der Waals surface area contributed by atoms with Crippen LogP contribution in [0.3, 0.4) is 0 Å². The predicted octanol–water partition coefficient (Wildman–Crippen LogP) is 3.48. The molecule has 0 aliphatic carbocycles. The highest BCUT2D eigenvalue weighted by Gasteiger charge is 2.30. The molecule has 1 heterocycles. The molecule has 0 spiro atoms. The Morgan fingerprint density at radius 1 is 1.16 bits per heavy atom. The van der Waals surface area contributed by atoms with Crippen molar-refractivity contribution in [2.75, 3.05) is 7.11 Å². The first-order valence-corrected chi connectivity index (χ1v) is 6.29. The summed E-state index contributed by atoms with van der Waals surface area (Å²) in [5, 5.41) is 3.64. The van der Waals surface area contributed by atoms with Gasteiger partial charge in [-0.05, 0) is 24.3 Å². The van der Waals surface area contributed by atoms with Gasteiger partial charge in [0.05, 0.1) is 7.11 Å². The van der Waals surface area contributed by atoms with Crippen LogP contribution in [0.25, 0.3) is 0 Å². The summed E-state index contributed by atoms with van der Waals surface area (Å²) >= 11 is 16.8. The van der Waals surface area contributed by atoms with E-state index in [1.54, 1.807) is 31.4 Å². The smallest absolute Gasteiger partial charge is 0.278 e. The van der Waals surface area contributed by atoms with Crippen LogP contribution in [0.1, 0.15) is 11.7 Å². The maximum absolute atomic E-state index is 5.60. The summed E-state index contributed by atoms with van der Waals surface area (Å²) in [7, 11) is 1.59. The van der Waals surface area contributed by atoms with Crippen LogP contribution in [0.15, 0.2) is 28.8 Å². The summed E-state index contributed by atoms with van der Waals surface area (Å²) in [5.74, 6) is 1.58. The van der Waals surface area contributed by atoms with Gasteiger partial charge in [-0.1, -0.05) is 40.0 Å². The Morgan fingerprint density at radius 3 is 2.32 bits per heavy atom. The monoisotopic (exact) mass is 322 g/mol. The third-order valence-electron chi connectivity index (χ3n) is 2.14. The number of hydrogen-bond acceptors (Lipinski definition) is 5. The van der Waals surface area contributed by atoms with Crippen molar-refractivity contribution in [2.24, 2.45) is 0 Å². The lowest BCUT2D eigenvalue weighted by molar-refractivity contribution is 0.284. The summed E-state index contributed by atoms with van der Waals surface area (Å²) in [6, 6.07) is 7.07. The second kappa shape index (κ2) is 5.86. The fourth-order valence-electron chi connectivity index (χ4n) is 1.25. The number of alkyl halides is 3. The molecule has 0 unspecified atom stereocenters. The normalized spacial score (nSPS) is 11.4. The average Bonchev–Trinajstić information content (AvgIpc) is 2.86. The van der Waals surface area contributed by atoms with Crippen molar-refractivity contribution >= 4 is 34.8 Å². The number of hydrogen-bond donors (Lipinski definition) is 0. The van der Waals surface area contributed by atoms with Crippen LogP contribution in [0.5, 0.6) is 11.5 Å². The second-order valence-corrected chi connectivity index (χ2v) is 5.76. The summed E-state index contributed by atoms with van der Waals surface area (Å²) < 4.78 is 13.5. The molecule has 5 nitrogen and oxygen atoms in total. The Morgan fingerprint density at radius 2 is 1.79 bits per heavy atom. The Kier molecular flexibility index (Phi) is 4.39. The van der Waals surface area contributed by atoms with Gasteiger partial charge < -0.3 is 14.0 Å². The summed E-state index contributed by atoms with van der Waals surface area (Å²) in [4.78, 5) is 3.91. The van der Waals surface area contributed by atoms with Crippen LogP contribution >= 0.6 is 34.8 Å². The zero-order valence-electron chi connectivity index (χ0n) is 9.77. The van der Waals surface area contributed by atoms with Crippen molar-refractivity contribution in [3.63, 3.8) is 0 Å². The van der Waals surface area contributed by atoms with Gasteiger partial charge in [0.15, 0.2) is 6.61 Å². The molecular formula is C11H9Cl3N2O3. The van der Waals surface area contributed by atoms with Gasteiger partial charge in [-0.3, -0.25) is 0 Å². The molecule has 0 aliphatic heterocycles. The molecule has 0 saturated carbocycles. The third-order valence-corrected chi connectivity index (χ3v) is 2.62. The minimum Gasteiger partial charge on any atom is -0.497 e. The molecule has 8 heteroatoms. The van der Waals surface area contributed by atoms with Crippen LogP contribution in [0.2, 0.25) is 0 Å². The van der Waals surface area contributed by atoms with E-state index in [1.165, 1.54) is 0 Å². The van der Waals surface area contributed by atoms with Gasteiger partial charge in [0.25, 0.3) is 9.68 Å². The highest BCUT2D eigenvalue weighted by atomic mass is 35.6. The SMILES string of the molecule is COc1ccc(OCc2noc(C(Cl)(Cl)Cl)n2)cc1. The lowest BCUT2D eigenvalue weighted by atomic mass is 10.3. The number of ether oxygens (including phenoxy) is 2. The highest BCUT2D eigenvalue weighted by molar-refractivity contribution is 6.66. The van der Waals surface area contributed by atoms with E-state index in [2.05, 4.69) is 10.1 Å². The molecule has 0 bridgehead atoms. The second-order valence-electron chi connectivity index (χ2n) is 3.48. The molecule has 2 rings (SSSR count). The van der Waals surface area contributed by atoms with Gasteiger partial charge in [0.1, 0.15) is 11.5 Å². The topological polar surface area (TPSA) is 57.4 Å². The summed E-state index contributed by atoms with van der Waals surface area (Å²) in [6.07, 6.45) is 0. The Bertz CT molecular complexity index is 537. The van der Waals surface area contributed by atoms with Crippen molar-refractivity contribution in [2.45, 2.75) is 10.4 Å². The summed E-state index contributed by atoms with van der Waals surface area (Å²) in [6.45, 7) is 0.108. The van der Waals surface area contributed by atoms with E-state index in [0.717, 1.165) is 5.75 Å². The van der Waals surface area contributed by atoms with Crippen molar-refractivity contribution < 1.29 is 14.0 Å². The zero-order chi connectivity index (χ0) is 13.9. The van der Waals surface area contributed by atoms with E-state index >= 15 is 0 Å². The van der Waals surface area contributed by atoms with Crippen molar-refractivity contribution in [3.8, 4) is 11.5 Å². The molecular weight excluding hydrogens is 314 g/mol. The minimum absolute atomic E-state index is 0.0918. The standard InChI is InChI=1S/C11H9Cl3N2O3/c1-17-7-2-4-8(5-3-7)18-6-9-15-10(19-16-9)11(12,13)14/h2-5H,6H2,1H3. The van der Waals surface area contributed by atoms with E-state index in [-0.39, 0.29) is 18.3 Å². The average molecular weight is 324 g/mol. The van der Waals surface area contributed by atoms with Crippen LogP contribution in [-0.2, 0) is 10.4 Å². The van der Waals surface area contributed by atoms with Crippen molar-refractivity contribution in [1.29, 1.82) is 0 Å². The van der Waals surface area contributed by atoms with Gasteiger partial charge in [0.2, 0.25) is 5.82 Å². The van der Waals surface area contributed by atoms with Crippen molar-refractivity contribution in [1.82, 2.24) is 10.1 Å². The molecule has 102 valence electrons. The van der Waals surface area contributed by atoms with E-state index in [9.17, 15) is 0 Å². The third kappa shape index (κ3) is 3.89. The molecule has 0 amide bonds. The van der Waals surface area contributed by atoms with Gasteiger partial charge in [-0.25, -0.2) is 0 Å². The fraction of sp³-hybridized carbons (Fsp3) is 0.273. The van der Waals surface area contributed by atoms with Gasteiger partial charge in [0, 0.05) is 0 Å². The number of benzene rings is 1. The van der Waals surface area contributed by atoms with Crippen LogP contribution in [0.4, 0.5) is 0 Å². The molecule has 1 aromatic carbocycles. The van der Waals surface area contributed by atoms with Gasteiger partial charge in [-0.15, -0.1) is 0 Å². The zero-order valence-corrected chi connectivity index (χ0v) is 12.0. The van der Waals surface area contributed by atoms with E-state index in [4.69, 9.17) is 48.8 Å². The molecule has 0 fully saturated rings. The highest BCUT2D eigenvalue weighted by Crippen LogP contribution is 2.36. The maximum Gasteiger partial charge on any atom is 0.278 e. The lowest BCUT2D eigenvalue weighted by Gasteiger charge is -2.04. The number of nitrogens with zero attached hydrogens (tertiary/aromatic N) is 2. The number of rotatable bonds is 4. The first kappa shape index (κ1) is 14.2. The van der Waals surface area contributed by atoms with Gasteiger partial charge in [-0.2, -0.15) is 4.98 Å². The molecule has 2 aromatic rings. The quantitative estimate of drug-likeness (QED) is 0.806. The number of halogens is 3. The van der Waals surface area contributed by atoms with Crippen LogP contribution in [-0.4, -0.2) is 17.3 Å². The maximum atomic E-state index is 5.60. The Hall–Kier alpha value is -1.17. The first-order chi connectivity index (χ1) is 8.99. The summed E-state index contributed by atoms with van der Waals surface area (Å²) in [5.41, 5.74) is 0. The van der Waals surface area contributed by atoms with E-state index in [1.807, 2.05) is 0 Å².